The van der Waals surface area contributed by atoms with E-state index < -0.39 is 17.3 Å². The Balaban J connectivity index is 0.00000256. The Morgan fingerprint density at radius 2 is 1.87 bits per heavy atom. The van der Waals surface area contributed by atoms with E-state index in [1.807, 2.05) is 4.90 Å². The second-order valence-corrected chi connectivity index (χ2v) is 6.89. The first-order valence-corrected chi connectivity index (χ1v) is 9.12. The van der Waals surface area contributed by atoms with Crippen LogP contribution in [0.15, 0.2) is 35.3 Å². The maximum absolute atomic E-state index is 13.2. The number of fused-ring (bicyclic) bond motifs is 1. The fourth-order valence-corrected chi connectivity index (χ4v) is 3.33. The van der Waals surface area contributed by atoms with E-state index in [1.165, 1.54) is 6.20 Å². The zero-order chi connectivity index (χ0) is 20.6. The average molecular weight is 441 g/mol. The number of aryl methyl sites for hydroxylation is 1. The van der Waals surface area contributed by atoms with Crippen LogP contribution >= 0.6 is 12.4 Å². The van der Waals surface area contributed by atoms with Gasteiger partial charge in [-0.1, -0.05) is 0 Å². The Kier molecular flexibility index (Phi) is 6.18. The van der Waals surface area contributed by atoms with Gasteiger partial charge in [-0.3, -0.25) is 4.79 Å². The van der Waals surface area contributed by atoms with Crippen LogP contribution in [0.3, 0.4) is 0 Å². The summed E-state index contributed by atoms with van der Waals surface area (Å²) in [6, 6.07) is 5.29. The first-order chi connectivity index (χ1) is 13.8. The van der Waals surface area contributed by atoms with Crippen molar-refractivity contribution in [1.29, 1.82) is 0 Å². The summed E-state index contributed by atoms with van der Waals surface area (Å²) in [7, 11) is 0. The zero-order valence-electron chi connectivity index (χ0n) is 16.0. The van der Waals surface area contributed by atoms with E-state index in [-0.39, 0.29) is 29.3 Å². The Bertz CT molecular complexity index is 1110. The molecule has 0 radical (unpaired) electrons. The maximum Gasteiger partial charge on any atom is 0.416 e. The lowest BCUT2D eigenvalue weighted by Crippen LogP contribution is -2.44. The highest BCUT2D eigenvalue weighted by Gasteiger charge is 2.31. The predicted octanol–water partition coefficient (Wildman–Crippen LogP) is 3.22. The van der Waals surface area contributed by atoms with Crippen LogP contribution in [0.4, 0.5) is 30.6 Å². The van der Waals surface area contributed by atoms with Crippen molar-refractivity contribution in [3.8, 4) is 0 Å². The third-order valence-electron chi connectivity index (χ3n) is 4.68. The van der Waals surface area contributed by atoms with Crippen LogP contribution in [0.25, 0.3) is 10.9 Å². The van der Waals surface area contributed by atoms with Crippen molar-refractivity contribution in [3.63, 3.8) is 0 Å². The molecule has 0 spiro atoms. The molecule has 0 bridgehead atoms. The van der Waals surface area contributed by atoms with Crippen molar-refractivity contribution in [1.82, 2.24) is 20.3 Å². The first-order valence-electron chi connectivity index (χ1n) is 9.12. The molecule has 0 saturated carbocycles. The van der Waals surface area contributed by atoms with Gasteiger partial charge in [-0.05, 0) is 36.8 Å². The number of nitrogens with zero attached hydrogens (tertiary/aromatic N) is 3. The molecule has 11 heteroatoms. The largest absolute Gasteiger partial charge is 0.416 e. The summed E-state index contributed by atoms with van der Waals surface area (Å²) in [4.78, 5) is 25.9. The molecule has 3 N–H and O–H groups in total. The highest BCUT2D eigenvalue weighted by Crippen LogP contribution is 2.33. The molecule has 1 aliphatic heterocycles. The number of rotatable bonds is 3. The molecule has 0 atom stereocenters. The van der Waals surface area contributed by atoms with Gasteiger partial charge >= 0.3 is 6.18 Å². The predicted molar refractivity (Wildman–Crippen MR) is 112 cm³/mol. The summed E-state index contributed by atoms with van der Waals surface area (Å²) >= 11 is 0. The number of alkyl halides is 3. The minimum atomic E-state index is -4.47. The molecule has 2 aromatic heterocycles. The molecular weight excluding hydrogens is 421 g/mol. The van der Waals surface area contributed by atoms with Gasteiger partial charge < -0.3 is 20.5 Å². The summed E-state index contributed by atoms with van der Waals surface area (Å²) in [5, 5.41) is 6.34. The molecule has 1 fully saturated rings. The molecule has 3 aromatic rings. The zero-order valence-corrected chi connectivity index (χ0v) is 16.8. The van der Waals surface area contributed by atoms with Crippen LogP contribution in [0.5, 0.6) is 0 Å². The number of piperazine rings is 1. The van der Waals surface area contributed by atoms with Crippen LogP contribution in [0.1, 0.15) is 11.1 Å². The molecule has 0 unspecified atom stereocenters. The number of aromatic nitrogens is 3. The minimum absolute atomic E-state index is 0. The fraction of sp³-hybridized carbons (Fsp3) is 0.316. The maximum atomic E-state index is 13.2. The molecule has 0 aliphatic carbocycles. The number of aromatic amines is 1. The lowest BCUT2D eigenvalue weighted by molar-refractivity contribution is -0.137. The van der Waals surface area contributed by atoms with Crippen molar-refractivity contribution < 1.29 is 13.2 Å². The standard InChI is InChI=1S/C19H19F3N6O.ClH/c1-11-8-12(19(20,21)22)10-13(9-11)25-16-15-14(2-3-24-17(15)29)26-18(27-16)28-6-4-23-5-7-28;/h2-3,8-10,23H,4-7H2,1H3,(H,24,29)(H,25,26,27);1H. The summed E-state index contributed by atoms with van der Waals surface area (Å²) in [6.07, 6.45) is -2.99. The van der Waals surface area contributed by atoms with Crippen LogP contribution in [-0.2, 0) is 6.18 Å². The molecule has 160 valence electrons. The summed E-state index contributed by atoms with van der Waals surface area (Å²) in [6.45, 7) is 4.50. The van der Waals surface area contributed by atoms with E-state index in [9.17, 15) is 18.0 Å². The van der Waals surface area contributed by atoms with Gasteiger partial charge in [0.2, 0.25) is 5.95 Å². The lowest BCUT2D eigenvalue weighted by Gasteiger charge is -2.27. The van der Waals surface area contributed by atoms with Crippen molar-refractivity contribution in [2.24, 2.45) is 0 Å². The van der Waals surface area contributed by atoms with Gasteiger partial charge in [0.25, 0.3) is 5.56 Å². The Morgan fingerprint density at radius 1 is 1.13 bits per heavy atom. The highest BCUT2D eigenvalue weighted by atomic mass is 35.5. The Morgan fingerprint density at radius 3 is 2.57 bits per heavy atom. The van der Waals surface area contributed by atoms with Gasteiger partial charge in [0.1, 0.15) is 11.2 Å². The van der Waals surface area contributed by atoms with Crippen LogP contribution in [0.2, 0.25) is 0 Å². The number of benzene rings is 1. The average Bonchev–Trinajstić information content (AvgIpc) is 2.67. The number of halogens is 4. The minimum Gasteiger partial charge on any atom is -0.339 e. The first kappa shape index (κ1) is 21.8. The second kappa shape index (κ2) is 8.49. The third kappa shape index (κ3) is 4.49. The van der Waals surface area contributed by atoms with Crippen LogP contribution in [-0.4, -0.2) is 41.1 Å². The van der Waals surface area contributed by atoms with Gasteiger partial charge in [0.05, 0.1) is 11.1 Å². The normalized spacial score (nSPS) is 14.5. The van der Waals surface area contributed by atoms with Gasteiger partial charge in [0, 0.05) is 38.1 Å². The number of hydrogen-bond acceptors (Lipinski definition) is 6. The molecule has 0 amide bonds. The van der Waals surface area contributed by atoms with E-state index in [0.717, 1.165) is 25.2 Å². The SMILES string of the molecule is Cc1cc(Nc2nc(N3CCNCC3)nc3cc[nH]c(=O)c23)cc(C(F)(F)F)c1.Cl. The quantitative estimate of drug-likeness (QED) is 0.580. The Labute approximate surface area is 176 Å². The summed E-state index contributed by atoms with van der Waals surface area (Å²) in [5.41, 5.74) is -0.123. The van der Waals surface area contributed by atoms with Crippen molar-refractivity contribution >= 4 is 40.8 Å². The molecule has 4 rings (SSSR count). The van der Waals surface area contributed by atoms with Crippen LogP contribution in [0, 0.1) is 6.92 Å². The number of hydrogen-bond donors (Lipinski definition) is 3. The molecule has 1 saturated heterocycles. The van der Waals surface area contributed by atoms with E-state index in [0.29, 0.717) is 30.1 Å². The number of H-pyrrole nitrogens is 1. The van der Waals surface area contributed by atoms with Gasteiger partial charge in [-0.2, -0.15) is 18.2 Å². The number of anilines is 3. The number of nitrogens with one attached hydrogen (secondary N) is 3. The molecule has 30 heavy (non-hydrogen) atoms. The molecular formula is C19H20ClF3N6O. The van der Waals surface area contributed by atoms with Crippen LogP contribution < -0.4 is 21.1 Å². The van der Waals surface area contributed by atoms with Gasteiger partial charge in [-0.25, -0.2) is 4.98 Å². The third-order valence-corrected chi connectivity index (χ3v) is 4.68. The summed E-state index contributed by atoms with van der Waals surface area (Å²) < 4.78 is 39.6. The van der Waals surface area contributed by atoms with Crippen molar-refractivity contribution in [2.75, 3.05) is 36.4 Å². The Hall–Kier alpha value is -2.85. The lowest BCUT2D eigenvalue weighted by atomic mass is 10.1. The van der Waals surface area contributed by atoms with E-state index in [1.54, 1.807) is 19.1 Å². The molecule has 7 nitrogen and oxygen atoms in total. The molecule has 3 heterocycles. The number of pyridine rings is 1. The topological polar surface area (TPSA) is 85.9 Å². The monoisotopic (exact) mass is 440 g/mol. The van der Waals surface area contributed by atoms with E-state index in [4.69, 9.17) is 0 Å². The molecule has 1 aliphatic rings. The van der Waals surface area contributed by atoms with E-state index in [2.05, 4.69) is 25.6 Å². The fourth-order valence-electron chi connectivity index (χ4n) is 3.33. The highest BCUT2D eigenvalue weighted by molar-refractivity contribution is 5.91. The van der Waals surface area contributed by atoms with Gasteiger partial charge in [-0.15, -0.1) is 12.4 Å². The summed E-state index contributed by atoms with van der Waals surface area (Å²) in [5.74, 6) is 0.597. The smallest absolute Gasteiger partial charge is 0.339 e. The van der Waals surface area contributed by atoms with Gasteiger partial charge in [0.15, 0.2) is 0 Å². The van der Waals surface area contributed by atoms with E-state index >= 15 is 0 Å². The second-order valence-electron chi connectivity index (χ2n) is 6.89. The van der Waals surface area contributed by atoms with Crippen molar-refractivity contribution in [2.45, 2.75) is 13.1 Å². The molecule has 1 aromatic carbocycles. The van der Waals surface area contributed by atoms with Crippen molar-refractivity contribution in [3.05, 3.63) is 51.9 Å².